The van der Waals surface area contributed by atoms with Gasteiger partial charge in [-0.1, -0.05) is 102 Å². The highest BCUT2D eigenvalue weighted by atomic mass is 16.7. The number of nitriles is 1. The third kappa shape index (κ3) is 14.4. The number of aliphatic hydroxyl groups excluding tert-OH is 2. The van der Waals surface area contributed by atoms with Crippen molar-refractivity contribution in [2.45, 2.75) is 174 Å². The molecule has 1 aliphatic heterocycles. The molecular weight excluding hydrogens is 845 g/mol. The van der Waals surface area contributed by atoms with Crippen molar-refractivity contribution in [1.82, 2.24) is 10.2 Å². The lowest BCUT2D eigenvalue weighted by Gasteiger charge is -2.60. The third-order valence-corrected chi connectivity index (χ3v) is 13.4. The second-order valence-corrected chi connectivity index (χ2v) is 19.7. The molecule has 2 aromatic carbocycles. The van der Waals surface area contributed by atoms with Crippen LogP contribution >= 0.6 is 0 Å². The van der Waals surface area contributed by atoms with Crippen molar-refractivity contribution in [2.24, 2.45) is 22.9 Å². The molecule has 3 aliphatic rings. The Hall–Kier alpha value is -4.70. The van der Waals surface area contributed by atoms with E-state index in [4.69, 9.17) is 24.2 Å². The van der Waals surface area contributed by atoms with Crippen LogP contribution in [0.3, 0.4) is 0 Å². The molecule has 6 unspecified atom stereocenters. The molecule has 12 nitrogen and oxygen atoms in total. The Morgan fingerprint density at radius 2 is 1.60 bits per heavy atom. The molecular formula is C55H80N4O8. The van der Waals surface area contributed by atoms with Crippen molar-refractivity contribution in [2.75, 3.05) is 32.9 Å². The van der Waals surface area contributed by atoms with Crippen LogP contribution in [-0.2, 0) is 9.57 Å². The van der Waals surface area contributed by atoms with Gasteiger partial charge in [-0.05, 0) is 119 Å². The average molecular weight is 925 g/mol. The zero-order valence-electron chi connectivity index (χ0n) is 41.2. The Morgan fingerprint density at radius 1 is 0.925 bits per heavy atom. The minimum absolute atomic E-state index is 0.00570. The Labute approximate surface area is 401 Å². The van der Waals surface area contributed by atoms with Crippen LogP contribution in [0.15, 0.2) is 71.9 Å². The number of unbranched alkanes of at least 4 members (excludes halogenated alkanes) is 11. The van der Waals surface area contributed by atoms with Gasteiger partial charge in [-0.3, -0.25) is 4.79 Å². The zero-order valence-corrected chi connectivity index (χ0v) is 41.2. The predicted molar refractivity (Wildman–Crippen MR) is 264 cm³/mol. The molecule has 6 atom stereocenters. The first-order valence-electron chi connectivity index (χ1n) is 25.5. The molecule has 1 fully saturated rings. The molecule has 368 valence electrons. The highest BCUT2D eigenvalue weighted by Gasteiger charge is 2.65. The number of hydrogen-bond donors (Lipinski definition) is 3. The van der Waals surface area contributed by atoms with E-state index in [1.807, 2.05) is 44.7 Å². The Balaban J connectivity index is 1.59. The molecule has 67 heavy (non-hydrogen) atoms. The minimum atomic E-state index is -1.43. The first-order chi connectivity index (χ1) is 32.4. The number of nitrogens with zero attached hydrogens (tertiary/aromatic N) is 3. The van der Waals surface area contributed by atoms with Crippen LogP contribution in [0.1, 0.15) is 178 Å². The lowest BCUT2D eigenvalue weighted by Crippen LogP contribution is -2.70. The van der Waals surface area contributed by atoms with E-state index in [0.717, 1.165) is 56.1 Å². The summed E-state index contributed by atoms with van der Waals surface area (Å²) >= 11 is 0. The number of ether oxygens (including phenoxy) is 3. The Morgan fingerprint density at radius 3 is 2.22 bits per heavy atom. The van der Waals surface area contributed by atoms with Crippen LogP contribution < -0.4 is 14.8 Å². The first kappa shape index (κ1) is 53.3. The first-order valence-corrected chi connectivity index (χ1v) is 25.5. The van der Waals surface area contributed by atoms with Gasteiger partial charge in [0.05, 0.1) is 29.9 Å². The molecule has 1 saturated carbocycles. The largest absolute Gasteiger partial charge is 0.459 e. The van der Waals surface area contributed by atoms with Crippen molar-refractivity contribution in [1.29, 1.82) is 5.26 Å². The van der Waals surface area contributed by atoms with Crippen LogP contribution in [0, 0.1) is 29.1 Å². The quantitative estimate of drug-likeness (QED) is 0.0428. The van der Waals surface area contributed by atoms with E-state index >= 15 is 0 Å². The highest BCUT2D eigenvalue weighted by molar-refractivity contribution is 6.03. The maximum atomic E-state index is 14.9. The maximum Gasteiger partial charge on any atom is 0.412 e. The fraction of sp³-hybridized carbons (Fsp3) is 0.636. The lowest BCUT2D eigenvalue weighted by molar-refractivity contribution is -0.254. The van der Waals surface area contributed by atoms with Gasteiger partial charge in [0.1, 0.15) is 23.1 Å². The summed E-state index contributed by atoms with van der Waals surface area (Å²) in [7, 11) is 0. The minimum Gasteiger partial charge on any atom is -0.459 e. The van der Waals surface area contributed by atoms with Gasteiger partial charge in [-0.25, -0.2) is 4.79 Å². The summed E-state index contributed by atoms with van der Waals surface area (Å²) in [5.74, 6) is -1.43. The van der Waals surface area contributed by atoms with E-state index in [-0.39, 0.29) is 49.9 Å². The van der Waals surface area contributed by atoms with Crippen LogP contribution in [-0.4, -0.2) is 83.2 Å². The molecule has 2 aromatic rings. The van der Waals surface area contributed by atoms with Gasteiger partial charge in [-0.2, -0.15) is 5.26 Å². The number of oxime groups is 1. The van der Waals surface area contributed by atoms with E-state index < -0.39 is 29.4 Å². The summed E-state index contributed by atoms with van der Waals surface area (Å²) in [6.45, 7) is 15.4. The average Bonchev–Trinajstić information content (AvgIpc) is 3.32. The van der Waals surface area contributed by atoms with E-state index in [9.17, 15) is 25.1 Å². The molecule has 5 rings (SSSR count). The number of fused-ring (bicyclic) bond motifs is 2. The monoisotopic (exact) mass is 925 g/mol. The molecule has 0 radical (unpaired) electrons. The summed E-state index contributed by atoms with van der Waals surface area (Å²) in [5, 5.41) is 37.4. The SMILES string of the molecule is C=CCOC12Oc3ccc(OC(=O)NCCCCCCCCCCCC)cc3C3C(CCCCO)C(CCCCO)C=C(C(=NOC(C)(C)C)CC1N(CCC)C(=O)c1ccc(C#N)cc1)C32. The number of carbonyl (C=O) groups excluding carboxylic acids is 2. The van der Waals surface area contributed by atoms with E-state index in [0.29, 0.717) is 60.7 Å². The van der Waals surface area contributed by atoms with Crippen molar-refractivity contribution >= 4 is 17.7 Å². The maximum absolute atomic E-state index is 14.9. The normalized spacial score (nSPS) is 22.4. The molecule has 0 bridgehead atoms. The third-order valence-electron chi connectivity index (χ3n) is 13.4. The smallest absolute Gasteiger partial charge is 0.412 e. The second kappa shape index (κ2) is 26.7. The van der Waals surface area contributed by atoms with Gasteiger partial charge < -0.3 is 39.5 Å². The number of carbonyl (C=O) groups is 2. The lowest BCUT2D eigenvalue weighted by atomic mass is 9.55. The van der Waals surface area contributed by atoms with E-state index in [1.54, 1.807) is 36.4 Å². The topological polar surface area (TPSA) is 163 Å². The molecule has 2 amide bonds. The van der Waals surface area contributed by atoms with Gasteiger partial charge in [0.15, 0.2) is 0 Å². The van der Waals surface area contributed by atoms with Crippen molar-refractivity contribution in [3.63, 3.8) is 0 Å². The molecule has 1 heterocycles. The van der Waals surface area contributed by atoms with Crippen LogP contribution in [0.2, 0.25) is 0 Å². The fourth-order valence-corrected chi connectivity index (χ4v) is 10.3. The van der Waals surface area contributed by atoms with Crippen molar-refractivity contribution < 1.29 is 38.9 Å². The van der Waals surface area contributed by atoms with E-state index in [1.165, 1.54) is 44.9 Å². The fourth-order valence-electron chi connectivity index (χ4n) is 10.3. The molecule has 3 N–H and O–H groups in total. The summed E-state index contributed by atoms with van der Waals surface area (Å²) < 4.78 is 20.5. The standard InChI is InChI=1S/C55H80N4O8/c1-7-10-11-12-13-14-15-16-17-20-31-57-53(63)65-43-29-30-48-46(37-43)50-44(24-19-22-34-61)42(23-18-21-33-60)36-45-47(58-67-54(4,5)6)38-49(55(66-48,51(45)50)64-35-9-3)59(32-8-2)52(62)41-27-25-40(39-56)26-28-41/h9,25-30,36-37,42,44,49-51,60-61H,3,7-8,10-24,31-35,38H2,1-2,4-6H3,(H,57,63). The summed E-state index contributed by atoms with van der Waals surface area (Å²) in [5.41, 5.74) is 2.78. The summed E-state index contributed by atoms with van der Waals surface area (Å²) in [6, 6.07) is 13.7. The van der Waals surface area contributed by atoms with Crippen LogP contribution in [0.5, 0.6) is 11.5 Å². The summed E-state index contributed by atoms with van der Waals surface area (Å²) in [6.07, 6.45) is 21.0. The second-order valence-electron chi connectivity index (χ2n) is 19.7. The molecule has 0 spiro atoms. The number of amides is 2. The van der Waals surface area contributed by atoms with Gasteiger partial charge in [0, 0.05) is 49.8 Å². The van der Waals surface area contributed by atoms with Crippen molar-refractivity contribution in [3.8, 4) is 17.6 Å². The molecule has 2 aliphatic carbocycles. The van der Waals surface area contributed by atoms with Gasteiger partial charge in [0.25, 0.3) is 5.91 Å². The number of aliphatic hydroxyl groups is 2. The van der Waals surface area contributed by atoms with Crippen LogP contribution in [0.25, 0.3) is 0 Å². The van der Waals surface area contributed by atoms with Gasteiger partial charge in [0.2, 0.25) is 5.79 Å². The van der Waals surface area contributed by atoms with Crippen LogP contribution in [0.4, 0.5) is 4.79 Å². The molecule has 12 heteroatoms. The summed E-state index contributed by atoms with van der Waals surface area (Å²) in [4.78, 5) is 36.4. The molecule has 0 saturated heterocycles. The number of rotatable bonds is 28. The highest BCUT2D eigenvalue weighted by Crippen LogP contribution is 2.62. The number of benzene rings is 2. The van der Waals surface area contributed by atoms with Gasteiger partial charge >= 0.3 is 6.09 Å². The molecule has 0 aromatic heterocycles. The predicted octanol–water partition coefficient (Wildman–Crippen LogP) is 11.6. The number of hydrogen-bond acceptors (Lipinski definition) is 10. The number of nitrogens with one attached hydrogen (secondary N) is 1. The van der Waals surface area contributed by atoms with E-state index in [2.05, 4.69) is 31.0 Å². The Kier molecular flexibility index (Phi) is 21.3. The Bertz CT molecular complexity index is 1990. The van der Waals surface area contributed by atoms with Gasteiger partial charge in [-0.15, -0.1) is 6.58 Å². The van der Waals surface area contributed by atoms with Crippen molar-refractivity contribution in [3.05, 3.63) is 83.5 Å². The zero-order chi connectivity index (χ0) is 48.2. The number of allylic oxidation sites excluding steroid dienone is 1.